The number of likely N-dealkylation sites (tertiary alicyclic amines) is 1. The van der Waals surface area contributed by atoms with Gasteiger partial charge < -0.3 is 10.1 Å². The van der Waals surface area contributed by atoms with Crippen LogP contribution in [0.15, 0.2) is 24.3 Å². The van der Waals surface area contributed by atoms with Crippen molar-refractivity contribution in [2.24, 2.45) is 5.92 Å². The molecule has 2 aliphatic rings. The molecule has 24 heavy (non-hydrogen) atoms. The maximum Gasteiger partial charge on any atom is 0.387 e. The van der Waals surface area contributed by atoms with Gasteiger partial charge in [0.15, 0.2) is 0 Å². The van der Waals surface area contributed by atoms with E-state index >= 15 is 0 Å². The maximum absolute atomic E-state index is 12.2. The van der Waals surface area contributed by atoms with Gasteiger partial charge in [-0.25, -0.2) is 0 Å². The fourth-order valence-corrected chi connectivity index (χ4v) is 3.28. The van der Waals surface area contributed by atoms with Crippen molar-refractivity contribution >= 4 is 12.4 Å². The van der Waals surface area contributed by atoms with Gasteiger partial charge in [0.25, 0.3) is 0 Å². The highest BCUT2D eigenvalue weighted by molar-refractivity contribution is 5.85. The number of nitrogens with zero attached hydrogens (tertiary/aromatic N) is 1. The van der Waals surface area contributed by atoms with E-state index in [1.807, 2.05) is 12.1 Å². The normalized spacial score (nSPS) is 20.7. The van der Waals surface area contributed by atoms with Crippen LogP contribution in [-0.4, -0.2) is 37.2 Å². The Kier molecular flexibility index (Phi) is 7.26. The van der Waals surface area contributed by atoms with Gasteiger partial charge in [-0.3, -0.25) is 4.90 Å². The average Bonchev–Trinajstić information content (AvgIpc) is 3.37. The zero-order valence-electron chi connectivity index (χ0n) is 14.1. The van der Waals surface area contributed by atoms with Crippen LogP contribution in [0.2, 0.25) is 0 Å². The van der Waals surface area contributed by atoms with E-state index in [0.717, 1.165) is 24.6 Å². The molecule has 0 aromatic heterocycles. The SMILES string of the molecule is CC(c1ccc(OC(F)F)cc1)N1CCC(NCC2CC2)CC1.Cl. The molecule has 1 saturated carbocycles. The quantitative estimate of drug-likeness (QED) is 0.787. The molecule has 1 saturated heterocycles. The summed E-state index contributed by atoms with van der Waals surface area (Å²) in [6.07, 6.45) is 5.16. The Morgan fingerprint density at radius 2 is 1.75 bits per heavy atom. The van der Waals surface area contributed by atoms with Crippen LogP contribution in [0.25, 0.3) is 0 Å². The Morgan fingerprint density at radius 3 is 2.29 bits per heavy atom. The summed E-state index contributed by atoms with van der Waals surface area (Å²) in [4.78, 5) is 2.47. The van der Waals surface area contributed by atoms with Crippen LogP contribution in [-0.2, 0) is 0 Å². The van der Waals surface area contributed by atoms with E-state index in [9.17, 15) is 8.78 Å². The number of hydrogen-bond acceptors (Lipinski definition) is 3. The molecular formula is C18H27ClF2N2O. The van der Waals surface area contributed by atoms with Crippen LogP contribution >= 0.6 is 12.4 Å². The monoisotopic (exact) mass is 360 g/mol. The fourth-order valence-electron chi connectivity index (χ4n) is 3.28. The first-order chi connectivity index (χ1) is 11.1. The number of benzene rings is 1. The lowest BCUT2D eigenvalue weighted by atomic mass is 10.00. The van der Waals surface area contributed by atoms with Gasteiger partial charge in [0, 0.05) is 25.2 Å². The summed E-state index contributed by atoms with van der Waals surface area (Å²) in [6.45, 7) is 2.77. The standard InChI is InChI=1S/C18H26F2N2O.ClH/c1-13(15-4-6-17(7-5-15)23-18(19)20)22-10-8-16(9-11-22)21-12-14-2-3-14;/h4-7,13-14,16,18,21H,2-3,8-12H2,1H3;1H. The molecule has 1 aliphatic heterocycles. The van der Waals surface area contributed by atoms with Crippen molar-refractivity contribution in [3.8, 4) is 5.75 Å². The minimum absolute atomic E-state index is 0. The smallest absolute Gasteiger partial charge is 0.387 e. The zero-order valence-corrected chi connectivity index (χ0v) is 14.9. The third-order valence-corrected chi connectivity index (χ3v) is 5.06. The first-order valence-corrected chi connectivity index (χ1v) is 8.64. The third-order valence-electron chi connectivity index (χ3n) is 5.06. The highest BCUT2D eigenvalue weighted by Crippen LogP contribution is 2.29. The molecule has 1 aliphatic carbocycles. The first kappa shape index (κ1) is 19.4. The molecule has 0 amide bonds. The van der Waals surface area contributed by atoms with Gasteiger partial charge in [-0.1, -0.05) is 12.1 Å². The number of ether oxygens (including phenoxy) is 1. The summed E-state index contributed by atoms with van der Waals surface area (Å²) in [5, 5.41) is 3.69. The average molecular weight is 361 g/mol. The zero-order chi connectivity index (χ0) is 16.2. The van der Waals surface area contributed by atoms with Gasteiger partial charge in [-0.15, -0.1) is 12.4 Å². The molecule has 0 spiro atoms. The summed E-state index contributed by atoms with van der Waals surface area (Å²) >= 11 is 0. The molecule has 2 fully saturated rings. The molecule has 1 heterocycles. The highest BCUT2D eigenvalue weighted by atomic mass is 35.5. The molecule has 0 radical (unpaired) electrons. The summed E-state index contributed by atoms with van der Waals surface area (Å²) in [6, 6.07) is 7.99. The van der Waals surface area contributed by atoms with E-state index in [-0.39, 0.29) is 18.2 Å². The minimum atomic E-state index is -2.76. The second-order valence-corrected chi connectivity index (χ2v) is 6.79. The maximum atomic E-state index is 12.2. The lowest BCUT2D eigenvalue weighted by Crippen LogP contribution is -2.43. The molecule has 0 bridgehead atoms. The predicted molar refractivity (Wildman–Crippen MR) is 94.1 cm³/mol. The van der Waals surface area contributed by atoms with Crippen molar-refractivity contribution in [1.82, 2.24) is 10.2 Å². The molecule has 3 nitrogen and oxygen atoms in total. The molecule has 1 atom stereocenters. The molecule has 1 N–H and O–H groups in total. The Morgan fingerprint density at radius 1 is 1.12 bits per heavy atom. The van der Waals surface area contributed by atoms with E-state index in [0.29, 0.717) is 12.1 Å². The van der Waals surface area contributed by atoms with Crippen LogP contribution in [0.1, 0.15) is 44.2 Å². The van der Waals surface area contributed by atoms with Crippen LogP contribution < -0.4 is 10.1 Å². The van der Waals surface area contributed by atoms with Crippen molar-refractivity contribution in [3.05, 3.63) is 29.8 Å². The van der Waals surface area contributed by atoms with E-state index in [4.69, 9.17) is 0 Å². The first-order valence-electron chi connectivity index (χ1n) is 8.64. The Bertz CT molecular complexity index is 488. The largest absolute Gasteiger partial charge is 0.435 e. The van der Waals surface area contributed by atoms with Gasteiger partial charge >= 0.3 is 6.61 Å². The summed E-state index contributed by atoms with van der Waals surface area (Å²) in [5.74, 6) is 1.15. The lowest BCUT2D eigenvalue weighted by Gasteiger charge is -2.36. The highest BCUT2D eigenvalue weighted by Gasteiger charge is 2.26. The van der Waals surface area contributed by atoms with E-state index in [1.165, 1.54) is 32.2 Å². The number of halogens is 3. The number of nitrogens with one attached hydrogen (secondary N) is 1. The van der Waals surface area contributed by atoms with Crippen molar-refractivity contribution in [1.29, 1.82) is 0 Å². The second-order valence-electron chi connectivity index (χ2n) is 6.79. The van der Waals surface area contributed by atoms with Crippen molar-refractivity contribution < 1.29 is 13.5 Å². The summed E-state index contributed by atoms with van der Waals surface area (Å²) in [7, 11) is 0. The number of hydrogen-bond donors (Lipinski definition) is 1. The van der Waals surface area contributed by atoms with Crippen molar-refractivity contribution in [3.63, 3.8) is 0 Å². The summed E-state index contributed by atoms with van der Waals surface area (Å²) < 4.78 is 28.8. The fraction of sp³-hybridized carbons (Fsp3) is 0.667. The predicted octanol–water partition coefficient (Wildman–Crippen LogP) is 4.23. The van der Waals surface area contributed by atoms with Crippen molar-refractivity contribution in [2.45, 2.75) is 51.3 Å². The molecule has 1 aromatic rings. The molecule has 3 rings (SSSR count). The Balaban J connectivity index is 0.00000208. The molecule has 6 heteroatoms. The molecule has 136 valence electrons. The molecule has 1 aromatic carbocycles. The Hall–Kier alpha value is -0.910. The summed E-state index contributed by atoms with van der Waals surface area (Å²) in [5.41, 5.74) is 1.15. The van der Waals surface area contributed by atoms with E-state index < -0.39 is 6.61 Å². The van der Waals surface area contributed by atoms with Crippen LogP contribution in [0.5, 0.6) is 5.75 Å². The van der Waals surface area contributed by atoms with E-state index in [2.05, 4.69) is 21.9 Å². The molecular weight excluding hydrogens is 334 g/mol. The number of piperidine rings is 1. The third kappa shape index (κ3) is 5.57. The lowest BCUT2D eigenvalue weighted by molar-refractivity contribution is -0.0498. The Labute approximate surface area is 149 Å². The van der Waals surface area contributed by atoms with Gasteiger partial charge in [0.05, 0.1) is 0 Å². The van der Waals surface area contributed by atoms with Gasteiger partial charge in [0.1, 0.15) is 5.75 Å². The van der Waals surface area contributed by atoms with Gasteiger partial charge in [-0.2, -0.15) is 8.78 Å². The van der Waals surface area contributed by atoms with Crippen LogP contribution in [0, 0.1) is 5.92 Å². The van der Waals surface area contributed by atoms with Gasteiger partial charge in [-0.05, 0) is 62.8 Å². The van der Waals surface area contributed by atoms with Crippen LogP contribution in [0.4, 0.5) is 8.78 Å². The van der Waals surface area contributed by atoms with Crippen molar-refractivity contribution in [2.75, 3.05) is 19.6 Å². The van der Waals surface area contributed by atoms with Gasteiger partial charge in [0.2, 0.25) is 0 Å². The van der Waals surface area contributed by atoms with E-state index in [1.54, 1.807) is 12.1 Å². The second kappa shape index (κ2) is 8.97. The topological polar surface area (TPSA) is 24.5 Å². The molecule has 1 unspecified atom stereocenters. The van der Waals surface area contributed by atoms with Crippen LogP contribution in [0.3, 0.4) is 0 Å². The minimum Gasteiger partial charge on any atom is -0.435 e. The number of alkyl halides is 2. The number of rotatable bonds is 7.